The van der Waals surface area contributed by atoms with E-state index in [1.165, 1.54) is 7.11 Å². The number of allylic oxidation sites excluding steroid dienone is 1. The third-order valence-electron chi connectivity index (χ3n) is 2.48. The standard InChI is InChI=1S/C11H16O4/c1-3-15-11(13)9-6-4-8(5-7-9)10(12)14-2/h6,8H,3-5,7H2,1-2H3. The van der Waals surface area contributed by atoms with Crippen molar-refractivity contribution in [3.63, 3.8) is 0 Å². The van der Waals surface area contributed by atoms with Crippen LogP contribution in [-0.2, 0) is 19.1 Å². The number of ether oxygens (including phenoxy) is 2. The molecule has 0 aromatic carbocycles. The summed E-state index contributed by atoms with van der Waals surface area (Å²) in [6.45, 7) is 2.16. The van der Waals surface area contributed by atoms with E-state index >= 15 is 0 Å². The van der Waals surface area contributed by atoms with E-state index in [2.05, 4.69) is 4.74 Å². The second kappa shape index (κ2) is 5.53. The summed E-state index contributed by atoms with van der Waals surface area (Å²) in [4.78, 5) is 22.5. The van der Waals surface area contributed by atoms with Crippen molar-refractivity contribution < 1.29 is 19.1 Å². The number of rotatable bonds is 3. The average Bonchev–Trinajstić information content (AvgIpc) is 2.28. The van der Waals surface area contributed by atoms with E-state index in [4.69, 9.17) is 4.74 Å². The molecule has 15 heavy (non-hydrogen) atoms. The topological polar surface area (TPSA) is 52.6 Å². The van der Waals surface area contributed by atoms with Gasteiger partial charge in [-0.1, -0.05) is 6.08 Å². The maximum Gasteiger partial charge on any atom is 0.333 e. The number of hydrogen-bond donors (Lipinski definition) is 0. The van der Waals surface area contributed by atoms with E-state index in [9.17, 15) is 9.59 Å². The van der Waals surface area contributed by atoms with Crippen molar-refractivity contribution in [2.45, 2.75) is 26.2 Å². The molecule has 84 valence electrons. The Morgan fingerprint density at radius 1 is 1.53 bits per heavy atom. The Hall–Kier alpha value is -1.32. The van der Waals surface area contributed by atoms with Gasteiger partial charge in [0.15, 0.2) is 0 Å². The lowest BCUT2D eigenvalue weighted by Gasteiger charge is -2.18. The quantitative estimate of drug-likeness (QED) is 0.664. The molecule has 0 aliphatic heterocycles. The number of esters is 2. The summed E-state index contributed by atoms with van der Waals surface area (Å²) in [7, 11) is 1.38. The van der Waals surface area contributed by atoms with Crippen LogP contribution in [0.15, 0.2) is 11.6 Å². The number of carbonyl (C=O) groups is 2. The predicted octanol–water partition coefficient (Wildman–Crippen LogP) is 1.45. The molecule has 0 saturated carbocycles. The van der Waals surface area contributed by atoms with Gasteiger partial charge in [0, 0.05) is 5.57 Å². The molecule has 4 nitrogen and oxygen atoms in total. The molecule has 0 aromatic heterocycles. The fraction of sp³-hybridized carbons (Fsp3) is 0.636. The van der Waals surface area contributed by atoms with Gasteiger partial charge in [-0.3, -0.25) is 4.79 Å². The van der Waals surface area contributed by atoms with Crippen LogP contribution in [0.5, 0.6) is 0 Å². The highest BCUT2D eigenvalue weighted by Crippen LogP contribution is 2.25. The van der Waals surface area contributed by atoms with Gasteiger partial charge in [-0.15, -0.1) is 0 Å². The van der Waals surface area contributed by atoms with E-state index in [1.807, 2.05) is 0 Å². The zero-order valence-electron chi connectivity index (χ0n) is 9.12. The van der Waals surface area contributed by atoms with Crippen LogP contribution in [0.2, 0.25) is 0 Å². The van der Waals surface area contributed by atoms with E-state index in [-0.39, 0.29) is 17.9 Å². The SMILES string of the molecule is CCOC(=O)C1=CCC(C(=O)OC)CC1. The molecular formula is C11H16O4. The van der Waals surface area contributed by atoms with E-state index in [0.717, 1.165) is 0 Å². The minimum Gasteiger partial charge on any atom is -0.469 e. The molecule has 4 heteroatoms. The molecule has 1 atom stereocenters. The fourth-order valence-electron chi connectivity index (χ4n) is 1.62. The Balaban J connectivity index is 2.51. The minimum absolute atomic E-state index is 0.104. The zero-order chi connectivity index (χ0) is 11.3. The molecule has 1 rings (SSSR count). The summed E-state index contributed by atoms with van der Waals surface area (Å²) in [5.74, 6) is -0.567. The predicted molar refractivity (Wildman–Crippen MR) is 54.1 cm³/mol. The van der Waals surface area contributed by atoms with Crippen molar-refractivity contribution in [3.8, 4) is 0 Å². The van der Waals surface area contributed by atoms with Crippen molar-refractivity contribution in [3.05, 3.63) is 11.6 Å². The summed E-state index contributed by atoms with van der Waals surface area (Å²) in [5, 5.41) is 0. The highest BCUT2D eigenvalue weighted by atomic mass is 16.5. The second-order valence-corrected chi connectivity index (χ2v) is 3.44. The van der Waals surface area contributed by atoms with E-state index in [0.29, 0.717) is 31.4 Å². The van der Waals surface area contributed by atoms with Crippen LogP contribution >= 0.6 is 0 Å². The first-order valence-corrected chi connectivity index (χ1v) is 5.13. The smallest absolute Gasteiger partial charge is 0.333 e. The van der Waals surface area contributed by atoms with Crippen molar-refractivity contribution in [2.24, 2.45) is 5.92 Å². The molecular weight excluding hydrogens is 196 g/mol. The molecule has 0 amide bonds. The van der Waals surface area contributed by atoms with Gasteiger partial charge in [0.2, 0.25) is 0 Å². The number of carbonyl (C=O) groups excluding carboxylic acids is 2. The van der Waals surface area contributed by atoms with E-state index < -0.39 is 0 Å². The van der Waals surface area contributed by atoms with Gasteiger partial charge < -0.3 is 9.47 Å². The largest absolute Gasteiger partial charge is 0.469 e. The van der Waals surface area contributed by atoms with E-state index in [1.54, 1.807) is 13.0 Å². The molecule has 0 fully saturated rings. The zero-order valence-corrected chi connectivity index (χ0v) is 9.12. The van der Waals surface area contributed by atoms with Crippen LogP contribution in [0.4, 0.5) is 0 Å². The van der Waals surface area contributed by atoms with Gasteiger partial charge in [-0.25, -0.2) is 4.79 Å². The third-order valence-corrected chi connectivity index (χ3v) is 2.48. The van der Waals surface area contributed by atoms with Crippen LogP contribution in [0, 0.1) is 5.92 Å². The first-order valence-electron chi connectivity index (χ1n) is 5.13. The van der Waals surface area contributed by atoms with Gasteiger partial charge in [-0.05, 0) is 26.2 Å². The second-order valence-electron chi connectivity index (χ2n) is 3.44. The molecule has 1 aliphatic rings. The van der Waals surface area contributed by atoms with Gasteiger partial charge >= 0.3 is 11.9 Å². The van der Waals surface area contributed by atoms with Crippen molar-refractivity contribution >= 4 is 11.9 Å². The van der Waals surface area contributed by atoms with Crippen molar-refractivity contribution in [1.82, 2.24) is 0 Å². The Labute approximate surface area is 89.2 Å². The Morgan fingerprint density at radius 2 is 2.27 bits per heavy atom. The molecule has 0 spiro atoms. The van der Waals surface area contributed by atoms with Crippen LogP contribution in [0.25, 0.3) is 0 Å². The Bertz CT molecular complexity index is 280. The summed E-state index contributed by atoms with van der Waals surface area (Å²) in [6.07, 6.45) is 3.61. The lowest BCUT2D eigenvalue weighted by molar-refractivity contribution is -0.146. The lowest BCUT2D eigenvalue weighted by atomic mass is 9.90. The Morgan fingerprint density at radius 3 is 2.73 bits per heavy atom. The van der Waals surface area contributed by atoms with Crippen molar-refractivity contribution in [1.29, 1.82) is 0 Å². The molecule has 0 radical (unpaired) electrons. The number of methoxy groups -OCH3 is 1. The summed E-state index contributed by atoms with van der Waals surface area (Å²) in [6, 6.07) is 0. The highest BCUT2D eigenvalue weighted by Gasteiger charge is 2.24. The Kier molecular flexibility index (Phi) is 4.34. The molecule has 1 unspecified atom stereocenters. The summed E-state index contributed by atoms with van der Waals surface area (Å²) < 4.78 is 9.53. The fourth-order valence-corrected chi connectivity index (χ4v) is 1.62. The summed E-state index contributed by atoms with van der Waals surface area (Å²) >= 11 is 0. The van der Waals surface area contributed by atoms with Gasteiger partial charge in [0.05, 0.1) is 19.6 Å². The normalized spacial score (nSPS) is 20.4. The van der Waals surface area contributed by atoms with Crippen LogP contribution in [0.3, 0.4) is 0 Å². The van der Waals surface area contributed by atoms with Crippen LogP contribution in [0.1, 0.15) is 26.2 Å². The van der Waals surface area contributed by atoms with Crippen LogP contribution in [-0.4, -0.2) is 25.7 Å². The maximum absolute atomic E-state index is 11.3. The van der Waals surface area contributed by atoms with Gasteiger partial charge in [0.1, 0.15) is 0 Å². The molecule has 1 aliphatic carbocycles. The first-order chi connectivity index (χ1) is 7.19. The lowest BCUT2D eigenvalue weighted by Crippen LogP contribution is -2.20. The first kappa shape index (κ1) is 11.8. The third kappa shape index (κ3) is 3.08. The molecule has 0 aromatic rings. The highest BCUT2D eigenvalue weighted by molar-refractivity contribution is 5.89. The maximum atomic E-state index is 11.3. The van der Waals surface area contributed by atoms with Crippen LogP contribution < -0.4 is 0 Å². The van der Waals surface area contributed by atoms with Crippen molar-refractivity contribution in [2.75, 3.05) is 13.7 Å². The summed E-state index contributed by atoms with van der Waals surface area (Å²) in [5.41, 5.74) is 0.678. The van der Waals surface area contributed by atoms with Gasteiger partial charge in [-0.2, -0.15) is 0 Å². The molecule has 0 saturated heterocycles. The average molecular weight is 212 g/mol. The number of hydrogen-bond acceptors (Lipinski definition) is 4. The van der Waals surface area contributed by atoms with Gasteiger partial charge in [0.25, 0.3) is 0 Å². The minimum atomic E-state index is -0.263. The monoisotopic (exact) mass is 212 g/mol. The molecule has 0 heterocycles. The molecule has 0 bridgehead atoms. The molecule has 0 N–H and O–H groups in total.